The highest BCUT2D eigenvalue weighted by Gasteiger charge is 2.28. The first-order chi connectivity index (χ1) is 15.9. The molecule has 3 aromatic rings. The fourth-order valence-corrected chi connectivity index (χ4v) is 5.30. The lowest BCUT2D eigenvalue weighted by molar-refractivity contribution is 0.0675. The summed E-state index contributed by atoms with van der Waals surface area (Å²) in [5.41, 5.74) is 2.40. The number of aryl methyl sites for hydroxylation is 1. The van der Waals surface area contributed by atoms with E-state index in [1.165, 1.54) is 0 Å². The Labute approximate surface area is 194 Å². The molecular weight excluding hydrogens is 438 g/mol. The normalized spacial score (nSPS) is 16.7. The Morgan fingerprint density at radius 3 is 2.67 bits per heavy atom. The molecular formula is C24H29N5O3S. The van der Waals surface area contributed by atoms with Gasteiger partial charge in [0.15, 0.2) is 5.82 Å². The van der Waals surface area contributed by atoms with Crippen LogP contribution in [-0.2, 0) is 16.4 Å². The SMILES string of the molecule is CCc1c(C(=O)N2CCCC(CNS(=O)(=O)c3ccc(C)cc3)C2)cnn1-c1ccccn1. The maximum Gasteiger partial charge on any atom is 0.257 e. The molecule has 3 heterocycles. The van der Waals surface area contributed by atoms with E-state index in [1.54, 1.807) is 41.3 Å². The summed E-state index contributed by atoms with van der Waals surface area (Å²) in [5.74, 6) is 0.661. The second kappa shape index (κ2) is 9.84. The molecule has 174 valence electrons. The van der Waals surface area contributed by atoms with Gasteiger partial charge in [-0.2, -0.15) is 5.10 Å². The number of hydrogen-bond donors (Lipinski definition) is 1. The van der Waals surface area contributed by atoms with Crippen LogP contribution in [0.15, 0.2) is 59.8 Å². The number of nitrogens with zero attached hydrogens (tertiary/aromatic N) is 4. The van der Waals surface area contributed by atoms with Crippen molar-refractivity contribution in [3.05, 3.63) is 71.7 Å². The number of carbonyl (C=O) groups excluding carboxylic acids is 1. The topological polar surface area (TPSA) is 97.2 Å². The van der Waals surface area contributed by atoms with E-state index >= 15 is 0 Å². The maximum absolute atomic E-state index is 13.3. The molecule has 1 saturated heterocycles. The van der Waals surface area contributed by atoms with Crippen LogP contribution in [0.3, 0.4) is 0 Å². The van der Waals surface area contributed by atoms with Gasteiger partial charge in [0.25, 0.3) is 5.91 Å². The summed E-state index contributed by atoms with van der Waals surface area (Å²) >= 11 is 0. The summed E-state index contributed by atoms with van der Waals surface area (Å²) in [5, 5.41) is 4.42. The predicted octanol–water partition coefficient (Wildman–Crippen LogP) is 2.97. The molecule has 1 fully saturated rings. The first-order valence-electron chi connectivity index (χ1n) is 11.2. The van der Waals surface area contributed by atoms with Crippen molar-refractivity contribution in [3.8, 4) is 5.82 Å². The highest BCUT2D eigenvalue weighted by atomic mass is 32.2. The van der Waals surface area contributed by atoms with Gasteiger partial charge in [0.1, 0.15) is 0 Å². The van der Waals surface area contributed by atoms with Gasteiger partial charge < -0.3 is 4.90 Å². The summed E-state index contributed by atoms with van der Waals surface area (Å²) < 4.78 is 29.7. The quantitative estimate of drug-likeness (QED) is 0.576. The number of carbonyl (C=O) groups is 1. The average Bonchev–Trinajstić information content (AvgIpc) is 3.27. The minimum atomic E-state index is -3.58. The zero-order valence-corrected chi connectivity index (χ0v) is 19.8. The molecule has 0 spiro atoms. The number of amides is 1. The number of rotatable bonds is 7. The van der Waals surface area contributed by atoms with Crippen LogP contribution in [-0.4, -0.2) is 53.6 Å². The molecule has 1 unspecified atom stereocenters. The van der Waals surface area contributed by atoms with Crippen LogP contribution in [0.25, 0.3) is 5.82 Å². The van der Waals surface area contributed by atoms with Gasteiger partial charge in [-0.05, 0) is 56.4 Å². The molecule has 8 nitrogen and oxygen atoms in total. The minimum Gasteiger partial charge on any atom is -0.338 e. The highest BCUT2D eigenvalue weighted by molar-refractivity contribution is 7.89. The Balaban J connectivity index is 1.44. The van der Waals surface area contributed by atoms with Crippen molar-refractivity contribution >= 4 is 15.9 Å². The lowest BCUT2D eigenvalue weighted by Gasteiger charge is -2.33. The lowest BCUT2D eigenvalue weighted by atomic mass is 9.97. The Morgan fingerprint density at radius 1 is 1.18 bits per heavy atom. The Kier molecular flexibility index (Phi) is 6.90. The van der Waals surface area contributed by atoms with Gasteiger partial charge >= 0.3 is 0 Å². The lowest BCUT2D eigenvalue weighted by Crippen LogP contribution is -2.43. The van der Waals surface area contributed by atoms with E-state index < -0.39 is 10.0 Å². The van der Waals surface area contributed by atoms with Crippen LogP contribution < -0.4 is 4.72 Å². The van der Waals surface area contributed by atoms with Crippen molar-refractivity contribution in [2.45, 2.75) is 38.0 Å². The van der Waals surface area contributed by atoms with Gasteiger partial charge in [-0.1, -0.05) is 30.7 Å². The fourth-order valence-electron chi connectivity index (χ4n) is 4.18. The monoisotopic (exact) mass is 467 g/mol. The van der Waals surface area contributed by atoms with Crippen LogP contribution in [0.5, 0.6) is 0 Å². The van der Waals surface area contributed by atoms with Gasteiger partial charge in [0.05, 0.1) is 22.3 Å². The summed E-state index contributed by atoms with van der Waals surface area (Å²) in [7, 11) is -3.58. The molecule has 4 rings (SSSR count). The molecule has 9 heteroatoms. The van der Waals surface area contributed by atoms with E-state index in [9.17, 15) is 13.2 Å². The van der Waals surface area contributed by atoms with E-state index in [4.69, 9.17) is 0 Å². The first kappa shape index (κ1) is 23.1. The number of benzene rings is 1. The van der Waals surface area contributed by atoms with Gasteiger partial charge in [-0.15, -0.1) is 0 Å². The number of hydrogen-bond acceptors (Lipinski definition) is 5. The van der Waals surface area contributed by atoms with Gasteiger partial charge in [0.2, 0.25) is 10.0 Å². The highest BCUT2D eigenvalue weighted by Crippen LogP contribution is 2.22. The second-order valence-corrected chi connectivity index (χ2v) is 10.1. The zero-order chi connectivity index (χ0) is 23.4. The number of pyridine rings is 1. The maximum atomic E-state index is 13.3. The molecule has 0 saturated carbocycles. The van der Waals surface area contributed by atoms with Crippen molar-refractivity contribution in [1.29, 1.82) is 0 Å². The van der Waals surface area contributed by atoms with E-state index in [0.29, 0.717) is 37.4 Å². The zero-order valence-electron chi connectivity index (χ0n) is 18.9. The molecule has 1 amide bonds. The van der Waals surface area contributed by atoms with Crippen molar-refractivity contribution in [2.24, 2.45) is 5.92 Å². The summed E-state index contributed by atoms with van der Waals surface area (Å²) in [6, 6.07) is 12.4. The van der Waals surface area contributed by atoms with Crippen molar-refractivity contribution in [1.82, 2.24) is 24.4 Å². The Bertz CT molecular complexity index is 1210. The number of piperidine rings is 1. The van der Waals surface area contributed by atoms with Crippen molar-refractivity contribution in [2.75, 3.05) is 19.6 Å². The van der Waals surface area contributed by atoms with Gasteiger partial charge in [0, 0.05) is 25.8 Å². The van der Waals surface area contributed by atoms with Crippen LogP contribution >= 0.6 is 0 Å². The smallest absolute Gasteiger partial charge is 0.257 e. The molecule has 1 aliphatic rings. The molecule has 33 heavy (non-hydrogen) atoms. The minimum absolute atomic E-state index is 0.0545. The third-order valence-electron chi connectivity index (χ3n) is 6.00. The average molecular weight is 468 g/mol. The van der Waals surface area contributed by atoms with E-state index in [1.807, 2.05) is 36.9 Å². The summed E-state index contributed by atoms with van der Waals surface area (Å²) in [6.07, 6.45) is 5.65. The molecule has 1 N–H and O–H groups in total. The third kappa shape index (κ3) is 5.15. The Morgan fingerprint density at radius 2 is 1.97 bits per heavy atom. The molecule has 0 bridgehead atoms. The van der Waals surface area contributed by atoms with Gasteiger partial charge in [-0.25, -0.2) is 22.8 Å². The molecule has 1 aromatic carbocycles. The van der Waals surface area contributed by atoms with Crippen LogP contribution in [0.1, 0.15) is 41.4 Å². The van der Waals surface area contributed by atoms with E-state index in [0.717, 1.165) is 24.1 Å². The summed E-state index contributed by atoms with van der Waals surface area (Å²) in [6.45, 7) is 5.37. The summed E-state index contributed by atoms with van der Waals surface area (Å²) in [4.78, 5) is 19.7. The molecule has 1 atom stereocenters. The van der Waals surface area contributed by atoms with Crippen molar-refractivity contribution in [3.63, 3.8) is 0 Å². The van der Waals surface area contributed by atoms with Crippen LogP contribution in [0.4, 0.5) is 0 Å². The second-order valence-electron chi connectivity index (χ2n) is 8.38. The largest absolute Gasteiger partial charge is 0.338 e. The van der Waals surface area contributed by atoms with Crippen LogP contribution in [0, 0.1) is 12.8 Å². The Hall–Kier alpha value is -3.04. The number of nitrogens with one attached hydrogen (secondary N) is 1. The van der Waals surface area contributed by atoms with Crippen LogP contribution in [0.2, 0.25) is 0 Å². The van der Waals surface area contributed by atoms with E-state index in [2.05, 4.69) is 14.8 Å². The number of aromatic nitrogens is 3. The number of sulfonamides is 1. The molecule has 2 aromatic heterocycles. The fraction of sp³-hybridized carbons (Fsp3) is 0.375. The van der Waals surface area contributed by atoms with Gasteiger partial charge in [-0.3, -0.25) is 4.79 Å². The third-order valence-corrected chi connectivity index (χ3v) is 7.44. The van der Waals surface area contributed by atoms with Crippen molar-refractivity contribution < 1.29 is 13.2 Å². The molecule has 1 aliphatic heterocycles. The predicted molar refractivity (Wildman–Crippen MR) is 126 cm³/mol. The van der Waals surface area contributed by atoms with E-state index in [-0.39, 0.29) is 16.7 Å². The molecule has 0 aliphatic carbocycles. The first-order valence-corrected chi connectivity index (χ1v) is 12.7. The number of likely N-dealkylation sites (tertiary alicyclic amines) is 1. The standard InChI is InChI=1S/C24H29N5O3S/c1-3-22-21(16-26-29(22)23-8-4-5-13-25-23)24(30)28-14-6-7-19(17-28)15-27-33(31,32)20-11-9-18(2)10-12-20/h4-5,8-13,16,19,27H,3,6-7,14-15,17H2,1-2H3. The molecule has 0 radical (unpaired) electrons.